The van der Waals surface area contributed by atoms with Gasteiger partial charge in [-0.2, -0.15) is 0 Å². The lowest BCUT2D eigenvalue weighted by atomic mass is 9.83. The van der Waals surface area contributed by atoms with Gasteiger partial charge < -0.3 is 20.2 Å². The number of hydrogen-bond donors (Lipinski definition) is 3. The highest BCUT2D eigenvalue weighted by Crippen LogP contribution is 2.47. The number of rotatable bonds is 6. The predicted molar refractivity (Wildman–Crippen MR) is 157 cm³/mol. The van der Waals surface area contributed by atoms with Gasteiger partial charge in [-0.15, -0.1) is 0 Å². The number of aromatic carboxylic acids is 3. The minimum Gasteiger partial charge on any atom is -0.478 e. The third kappa shape index (κ3) is 5.02. The van der Waals surface area contributed by atoms with Gasteiger partial charge in [0.05, 0.1) is 22.4 Å². The standard InChI is InChI=1S/C33H33NO6/c1-32(2,3)22-11-7-9-13-24(22)34(25-14-10-8-12-23(25)33(4,5)6)26-18-17-20(30(37)38)27-19(29(35)36)15-16-21(28(26)27)31(39)40/h7-18H,1-6H3,(H,35,36)(H,37,38)(H,39,40). The van der Waals surface area contributed by atoms with E-state index in [9.17, 15) is 29.7 Å². The molecule has 0 atom stereocenters. The molecule has 0 aliphatic carbocycles. The van der Waals surface area contributed by atoms with Crippen LogP contribution >= 0.6 is 0 Å². The highest BCUT2D eigenvalue weighted by Gasteiger charge is 2.31. The van der Waals surface area contributed by atoms with Crippen molar-refractivity contribution in [2.24, 2.45) is 0 Å². The molecule has 4 aromatic carbocycles. The Morgan fingerprint density at radius 1 is 0.500 bits per heavy atom. The number of hydrogen-bond acceptors (Lipinski definition) is 4. The fourth-order valence-corrected chi connectivity index (χ4v) is 5.19. The first-order chi connectivity index (χ1) is 18.6. The molecule has 0 fully saturated rings. The Balaban J connectivity index is 2.31. The molecular weight excluding hydrogens is 506 g/mol. The largest absolute Gasteiger partial charge is 0.478 e. The average Bonchev–Trinajstić information content (AvgIpc) is 2.87. The van der Waals surface area contributed by atoms with Gasteiger partial charge in [-0.3, -0.25) is 0 Å². The molecule has 0 amide bonds. The van der Waals surface area contributed by atoms with E-state index >= 15 is 0 Å². The zero-order chi connectivity index (χ0) is 29.6. The van der Waals surface area contributed by atoms with Crippen molar-refractivity contribution >= 4 is 45.7 Å². The zero-order valence-corrected chi connectivity index (χ0v) is 23.4. The molecule has 0 heterocycles. The van der Waals surface area contributed by atoms with Gasteiger partial charge in [-0.05, 0) is 58.4 Å². The minimum absolute atomic E-state index is 0.0414. The maximum Gasteiger partial charge on any atom is 0.336 e. The molecule has 206 valence electrons. The monoisotopic (exact) mass is 539 g/mol. The molecule has 0 saturated carbocycles. The van der Waals surface area contributed by atoms with E-state index in [0.29, 0.717) is 5.69 Å². The van der Waals surface area contributed by atoms with Crippen LogP contribution in [-0.2, 0) is 10.8 Å². The Kier molecular flexibility index (Phi) is 7.20. The van der Waals surface area contributed by atoms with Gasteiger partial charge in [-0.1, -0.05) is 77.9 Å². The number of fused-ring (bicyclic) bond motifs is 1. The Morgan fingerprint density at radius 2 is 0.850 bits per heavy atom. The first-order valence-electron chi connectivity index (χ1n) is 12.9. The summed E-state index contributed by atoms with van der Waals surface area (Å²) in [5.74, 6) is -3.99. The molecule has 4 aromatic rings. The SMILES string of the molecule is CC(C)(C)c1ccccc1N(c1ccccc1C(C)(C)C)c1ccc(C(=O)O)c2c(C(=O)O)ccc(C(=O)O)c12. The van der Waals surface area contributed by atoms with E-state index in [2.05, 4.69) is 41.5 Å². The Morgan fingerprint density at radius 3 is 1.23 bits per heavy atom. The Labute approximate surface area is 233 Å². The smallest absolute Gasteiger partial charge is 0.336 e. The quantitative estimate of drug-likeness (QED) is 0.227. The van der Waals surface area contributed by atoms with Gasteiger partial charge in [0.1, 0.15) is 0 Å². The lowest BCUT2D eigenvalue weighted by Crippen LogP contribution is -2.23. The second kappa shape index (κ2) is 10.2. The summed E-state index contributed by atoms with van der Waals surface area (Å²) < 4.78 is 0. The molecule has 0 spiro atoms. The molecular formula is C33H33NO6. The van der Waals surface area contributed by atoms with E-state index in [1.54, 1.807) is 6.07 Å². The summed E-state index contributed by atoms with van der Waals surface area (Å²) >= 11 is 0. The van der Waals surface area contributed by atoms with Crippen LogP contribution < -0.4 is 4.90 Å². The summed E-state index contributed by atoms with van der Waals surface area (Å²) in [6, 6.07) is 20.9. The van der Waals surface area contributed by atoms with Crippen LogP contribution in [0.2, 0.25) is 0 Å². The van der Waals surface area contributed by atoms with Crippen molar-refractivity contribution in [3.63, 3.8) is 0 Å². The van der Waals surface area contributed by atoms with Crippen molar-refractivity contribution in [1.29, 1.82) is 0 Å². The Bertz CT molecular complexity index is 1580. The van der Waals surface area contributed by atoms with Crippen LogP contribution in [0.1, 0.15) is 83.7 Å². The van der Waals surface area contributed by atoms with Crippen molar-refractivity contribution in [1.82, 2.24) is 0 Å². The molecule has 0 aliphatic rings. The van der Waals surface area contributed by atoms with Gasteiger partial charge in [0.15, 0.2) is 0 Å². The zero-order valence-electron chi connectivity index (χ0n) is 23.4. The van der Waals surface area contributed by atoms with Crippen molar-refractivity contribution in [3.8, 4) is 0 Å². The number of nitrogens with zero attached hydrogens (tertiary/aromatic N) is 1. The van der Waals surface area contributed by atoms with E-state index in [-0.39, 0.29) is 38.3 Å². The highest BCUT2D eigenvalue weighted by molar-refractivity contribution is 6.21. The van der Waals surface area contributed by atoms with Gasteiger partial charge in [-0.25, -0.2) is 14.4 Å². The number of anilines is 3. The van der Waals surface area contributed by atoms with Crippen molar-refractivity contribution in [3.05, 3.63) is 101 Å². The van der Waals surface area contributed by atoms with E-state index in [1.165, 1.54) is 12.1 Å². The first kappa shape index (κ1) is 28.4. The van der Waals surface area contributed by atoms with Crippen molar-refractivity contribution in [2.45, 2.75) is 52.4 Å². The third-order valence-electron chi connectivity index (χ3n) is 6.98. The number of carbonyl (C=O) groups is 3. The Hall–Kier alpha value is -4.65. The summed E-state index contributed by atoms with van der Waals surface area (Å²) in [5, 5.41) is 30.2. The maximum atomic E-state index is 12.6. The van der Waals surface area contributed by atoms with Crippen molar-refractivity contribution < 1.29 is 29.7 Å². The lowest BCUT2D eigenvalue weighted by molar-refractivity contribution is 0.0681. The van der Waals surface area contributed by atoms with Crippen LogP contribution in [-0.4, -0.2) is 33.2 Å². The van der Waals surface area contributed by atoms with Gasteiger partial charge >= 0.3 is 17.9 Å². The summed E-state index contributed by atoms with van der Waals surface area (Å²) in [5.41, 5.74) is 2.47. The summed E-state index contributed by atoms with van der Waals surface area (Å²) in [6.07, 6.45) is 0. The number of benzene rings is 4. The van der Waals surface area contributed by atoms with Crippen LogP contribution in [0.15, 0.2) is 72.8 Å². The molecule has 4 rings (SSSR count). The normalized spacial score (nSPS) is 11.8. The maximum absolute atomic E-state index is 12.6. The molecule has 7 nitrogen and oxygen atoms in total. The predicted octanol–water partition coefficient (Wildman–Crippen LogP) is 8.00. The van der Waals surface area contributed by atoms with Crippen LogP contribution in [0, 0.1) is 0 Å². The lowest BCUT2D eigenvalue weighted by Gasteiger charge is -2.36. The average molecular weight is 540 g/mol. The van der Waals surface area contributed by atoms with E-state index in [0.717, 1.165) is 28.6 Å². The van der Waals surface area contributed by atoms with Crippen molar-refractivity contribution in [2.75, 3.05) is 4.90 Å². The molecule has 40 heavy (non-hydrogen) atoms. The second-order valence-corrected chi connectivity index (χ2v) is 11.8. The van der Waals surface area contributed by atoms with Crippen LogP contribution in [0.3, 0.4) is 0 Å². The fourth-order valence-electron chi connectivity index (χ4n) is 5.19. The van der Waals surface area contributed by atoms with Gasteiger partial charge in [0.2, 0.25) is 0 Å². The fraction of sp³-hybridized carbons (Fsp3) is 0.242. The molecule has 3 N–H and O–H groups in total. The first-order valence-corrected chi connectivity index (χ1v) is 12.9. The molecule has 0 unspecified atom stereocenters. The van der Waals surface area contributed by atoms with E-state index < -0.39 is 17.9 Å². The topological polar surface area (TPSA) is 115 Å². The number of para-hydroxylation sites is 2. The highest BCUT2D eigenvalue weighted by atomic mass is 16.4. The summed E-state index contributed by atoms with van der Waals surface area (Å²) in [4.78, 5) is 39.1. The molecule has 0 saturated heterocycles. The molecule has 0 bridgehead atoms. The van der Waals surface area contributed by atoms with E-state index in [4.69, 9.17) is 0 Å². The second-order valence-electron chi connectivity index (χ2n) is 11.8. The van der Waals surface area contributed by atoms with E-state index in [1.807, 2.05) is 53.4 Å². The molecule has 0 aliphatic heterocycles. The molecule has 0 aromatic heterocycles. The minimum atomic E-state index is -1.35. The number of carboxylic acid groups (broad SMARTS) is 3. The molecule has 0 radical (unpaired) electrons. The van der Waals surface area contributed by atoms with Crippen LogP contribution in [0.5, 0.6) is 0 Å². The summed E-state index contributed by atoms with van der Waals surface area (Å²) in [6.45, 7) is 12.5. The van der Waals surface area contributed by atoms with Gasteiger partial charge in [0, 0.05) is 22.1 Å². The third-order valence-corrected chi connectivity index (χ3v) is 6.98. The van der Waals surface area contributed by atoms with Gasteiger partial charge in [0.25, 0.3) is 0 Å². The molecule has 7 heteroatoms. The van der Waals surface area contributed by atoms with Crippen LogP contribution in [0.25, 0.3) is 10.8 Å². The van der Waals surface area contributed by atoms with Crippen LogP contribution in [0.4, 0.5) is 17.1 Å². The summed E-state index contributed by atoms with van der Waals surface area (Å²) in [7, 11) is 0. The number of carboxylic acids is 3.